The zero-order valence-corrected chi connectivity index (χ0v) is 17.8. The highest BCUT2D eigenvalue weighted by Gasteiger charge is 2.11. The Hall–Kier alpha value is -3.19. The van der Waals surface area contributed by atoms with Gasteiger partial charge in [0, 0.05) is 30.9 Å². The van der Waals surface area contributed by atoms with Crippen LogP contribution in [0, 0.1) is 13.8 Å². The molecule has 3 rings (SSSR count). The number of pyridine rings is 1. The highest BCUT2D eigenvalue weighted by Crippen LogP contribution is 2.14. The molecule has 2 heterocycles. The van der Waals surface area contributed by atoms with Crippen molar-refractivity contribution in [1.82, 2.24) is 25.4 Å². The van der Waals surface area contributed by atoms with E-state index in [1.54, 1.807) is 0 Å². The van der Waals surface area contributed by atoms with E-state index >= 15 is 0 Å². The van der Waals surface area contributed by atoms with Gasteiger partial charge in [0.15, 0.2) is 11.8 Å². The van der Waals surface area contributed by atoms with Gasteiger partial charge < -0.3 is 15.7 Å². The molecule has 158 valence electrons. The maximum atomic E-state index is 9.76. The number of hydrogen-bond donors (Lipinski definition) is 3. The minimum absolute atomic E-state index is 0.0109. The quantitative estimate of drug-likeness (QED) is 0.395. The van der Waals surface area contributed by atoms with Crippen LogP contribution in [0.2, 0.25) is 0 Å². The topological polar surface area (TPSA) is 87.4 Å². The summed E-state index contributed by atoms with van der Waals surface area (Å²) >= 11 is 0. The Balaban J connectivity index is 1.63. The first kappa shape index (κ1) is 21.5. The van der Waals surface area contributed by atoms with Gasteiger partial charge in [0.2, 0.25) is 0 Å². The number of hydrogen-bond acceptors (Lipinski definition) is 4. The lowest BCUT2D eigenvalue weighted by molar-refractivity contribution is 0.265. The van der Waals surface area contributed by atoms with Gasteiger partial charge in [-0.15, -0.1) is 0 Å². The van der Waals surface area contributed by atoms with Crippen molar-refractivity contribution in [2.75, 3.05) is 19.7 Å². The molecule has 0 aliphatic rings. The Morgan fingerprint density at radius 2 is 1.93 bits per heavy atom. The van der Waals surface area contributed by atoms with Gasteiger partial charge in [0.1, 0.15) is 0 Å². The first-order chi connectivity index (χ1) is 14.6. The highest BCUT2D eigenvalue weighted by molar-refractivity contribution is 5.79. The van der Waals surface area contributed by atoms with Crippen molar-refractivity contribution in [2.24, 2.45) is 4.99 Å². The third-order valence-corrected chi connectivity index (χ3v) is 4.81. The number of nitrogens with zero attached hydrogens (tertiary/aromatic N) is 4. The van der Waals surface area contributed by atoms with E-state index in [1.165, 1.54) is 0 Å². The first-order valence-electron chi connectivity index (χ1n) is 10.3. The Morgan fingerprint density at radius 3 is 2.53 bits per heavy atom. The van der Waals surface area contributed by atoms with Gasteiger partial charge in [-0.1, -0.05) is 36.4 Å². The Morgan fingerprint density at radius 1 is 1.13 bits per heavy atom. The molecule has 0 aliphatic heterocycles. The summed E-state index contributed by atoms with van der Waals surface area (Å²) in [6, 6.07) is 16.0. The summed E-state index contributed by atoms with van der Waals surface area (Å²) in [5.74, 6) is 1.53. The molecule has 1 atom stereocenters. The molecular weight excluding hydrogens is 376 g/mol. The molecule has 0 bridgehead atoms. The van der Waals surface area contributed by atoms with Crippen molar-refractivity contribution in [3.63, 3.8) is 0 Å². The molecule has 2 aromatic heterocycles. The normalized spacial score (nSPS) is 12.6. The van der Waals surface area contributed by atoms with Crippen LogP contribution in [0.25, 0.3) is 5.82 Å². The number of benzene rings is 1. The number of rotatable bonds is 8. The second-order valence-electron chi connectivity index (χ2n) is 7.23. The van der Waals surface area contributed by atoms with Gasteiger partial charge in [-0.2, -0.15) is 5.10 Å². The number of nitrogens with one attached hydrogen (secondary N) is 2. The molecule has 0 amide bonds. The number of aliphatic hydroxyl groups excluding tert-OH is 1. The van der Waals surface area contributed by atoms with E-state index in [1.807, 2.05) is 80.2 Å². The van der Waals surface area contributed by atoms with Crippen LogP contribution in [0.3, 0.4) is 0 Å². The van der Waals surface area contributed by atoms with Crippen LogP contribution >= 0.6 is 0 Å². The van der Waals surface area contributed by atoms with Gasteiger partial charge in [-0.3, -0.25) is 0 Å². The van der Waals surface area contributed by atoms with Crippen molar-refractivity contribution in [3.05, 3.63) is 77.2 Å². The number of guanidine groups is 1. The molecule has 0 radical (unpaired) electrons. The van der Waals surface area contributed by atoms with Gasteiger partial charge in [-0.25, -0.2) is 14.7 Å². The Labute approximate surface area is 177 Å². The molecule has 0 saturated carbocycles. The van der Waals surface area contributed by atoms with Crippen molar-refractivity contribution in [2.45, 2.75) is 33.2 Å². The summed E-state index contributed by atoms with van der Waals surface area (Å²) in [4.78, 5) is 9.19. The zero-order valence-electron chi connectivity index (χ0n) is 17.8. The predicted molar refractivity (Wildman–Crippen MR) is 120 cm³/mol. The van der Waals surface area contributed by atoms with Crippen molar-refractivity contribution < 1.29 is 5.11 Å². The van der Waals surface area contributed by atoms with Crippen LogP contribution in [0.4, 0.5) is 0 Å². The summed E-state index contributed by atoms with van der Waals surface area (Å²) in [5, 5.41) is 20.8. The second-order valence-corrected chi connectivity index (χ2v) is 7.23. The van der Waals surface area contributed by atoms with Crippen molar-refractivity contribution in [1.29, 1.82) is 0 Å². The fraction of sp³-hybridized carbons (Fsp3) is 0.348. The third kappa shape index (κ3) is 5.67. The third-order valence-electron chi connectivity index (χ3n) is 4.81. The fourth-order valence-corrected chi connectivity index (χ4v) is 3.24. The van der Waals surface area contributed by atoms with Crippen molar-refractivity contribution in [3.8, 4) is 5.82 Å². The number of aryl methyl sites for hydroxylation is 2. The summed E-state index contributed by atoms with van der Waals surface area (Å²) in [7, 11) is 0. The first-order valence-corrected chi connectivity index (χ1v) is 10.3. The van der Waals surface area contributed by atoms with E-state index in [4.69, 9.17) is 0 Å². The lowest BCUT2D eigenvalue weighted by Gasteiger charge is -2.18. The van der Waals surface area contributed by atoms with Crippen LogP contribution in [0.5, 0.6) is 0 Å². The fourth-order valence-electron chi connectivity index (χ4n) is 3.24. The van der Waals surface area contributed by atoms with Crippen molar-refractivity contribution >= 4 is 5.96 Å². The molecule has 1 unspecified atom stereocenters. The van der Waals surface area contributed by atoms with E-state index in [0.29, 0.717) is 13.1 Å². The average Bonchev–Trinajstić information content (AvgIpc) is 3.11. The van der Waals surface area contributed by atoms with Crippen LogP contribution in [0.15, 0.2) is 59.7 Å². The van der Waals surface area contributed by atoms with Crippen LogP contribution < -0.4 is 10.6 Å². The van der Waals surface area contributed by atoms with E-state index < -0.39 is 0 Å². The van der Waals surface area contributed by atoms with E-state index in [0.717, 1.165) is 40.8 Å². The van der Waals surface area contributed by atoms with Gasteiger partial charge in [0.05, 0.1) is 18.8 Å². The predicted octanol–water partition coefficient (Wildman–Crippen LogP) is 2.72. The van der Waals surface area contributed by atoms with Gasteiger partial charge >= 0.3 is 0 Å². The summed E-state index contributed by atoms with van der Waals surface area (Å²) in [6.07, 6.45) is 1.83. The maximum absolute atomic E-state index is 9.76. The molecule has 0 spiro atoms. The molecule has 3 aromatic rings. The SMILES string of the molecule is CCNC(=NCc1ccc(-n2nc(C)cc2C)nc1)NCC(CO)c1ccccc1. The standard InChI is InChI=1S/C23H30N6O/c1-4-24-23(27-15-21(16-30)20-8-6-5-7-9-20)26-14-19-10-11-22(25-13-19)29-18(3)12-17(2)28-29/h5-13,21,30H,4,14-16H2,1-3H3,(H2,24,26,27). The van der Waals surface area contributed by atoms with E-state index in [2.05, 4.69) is 25.7 Å². The molecule has 7 heteroatoms. The molecule has 30 heavy (non-hydrogen) atoms. The average molecular weight is 407 g/mol. The molecule has 0 saturated heterocycles. The van der Waals surface area contributed by atoms with Crippen LogP contribution in [0.1, 0.15) is 35.4 Å². The molecule has 3 N–H and O–H groups in total. The number of aromatic nitrogens is 3. The van der Waals surface area contributed by atoms with Crippen LogP contribution in [-0.4, -0.2) is 45.5 Å². The summed E-state index contributed by atoms with van der Waals surface area (Å²) in [6.45, 7) is 7.97. The highest BCUT2D eigenvalue weighted by atomic mass is 16.3. The van der Waals surface area contributed by atoms with E-state index in [9.17, 15) is 5.11 Å². The lowest BCUT2D eigenvalue weighted by atomic mass is 10.0. The van der Waals surface area contributed by atoms with Crippen LogP contribution in [-0.2, 0) is 6.54 Å². The number of aliphatic hydroxyl groups is 1. The minimum atomic E-state index is 0.0109. The molecule has 0 fully saturated rings. The Bertz CT molecular complexity index is 950. The van der Waals surface area contributed by atoms with E-state index in [-0.39, 0.29) is 12.5 Å². The smallest absolute Gasteiger partial charge is 0.191 e. The molecule has 7 nitrogen and oxygen atoms in total. The number of aliphatic imine (C=N–C) groups is 1. The zero-order chi connectivity index (χ0) is 21.3. The maximum Gasteiger partial charge on any atom is 0.191 e. The molecular formula is C23H30N6O. The summed E-state index contributed by atoms with van der Waals surface area (Å²) in [5.41, 5.74) is 4.15. The monoisotopic (exact) mass is 406 g/mol. The van der Waals surface area contributed by atoms with Gasteiger partial charge in [0.25, 0.3) is 0 Å². The molecule has 1 aromatic carbocycles. The lowest BCUT2D eigenvalue weighted by Crippen LogP contribution is -2.39. The summed E-state index contributed by atoms with van der Waals surface area (Å²) < 4.78 is 1.84. The molecule has 0 aliphatic carbocycles. The second kappa shape index (κ2) is 10.5. The minimum Gasteiger partial charge on any atom is -0.396 e. The van der Waals surface area contributed by atoms with Gasteiger partial charge in [-0.05, 0) is 44.0 Å². The largest absolute Gasteiger partial charge is 0.396 e. The Kier molecular flexibility index (Phi) is 7.57.